The van der Waals surface area contributed by atoms with Gasteiger partial charge in [-0.25, -0.2) is 0 Å². The van der Waals surface area contributed by atoms with Crippen molar-refractivity contribution < 1.29 is 20.1 Å². The predicted molar refractivity (Wildman–Crippen MR) is 241 cm³/mol. The zero-order valence-corrected chi connectivity index (χ0v) is 36.7. The summed E-state index contributed by atoms with van der Waals surface area (Å²) in [6.07, 6.45) is 60.5. The summed E-state index contributed by atoms with van der Waals surface area (Å²) in [5.41, 5.74) is 0. The van der Waals surface area contributed by atoms with Gasteiger partial charge >= 0.3 is 0 Å². The van der Waals surface area contributed by atoms with Crippen molar-refractivity contribution in [1.82, 2.24) is 5.32 Å². The van der Waals surface area contributed by atoms with E-state index in [9.17, 15) is 15.0 Å². The SMILES string of the molecule is CCCCCCCCCCCCCCCC=CC(O)C(CO)NC(=O)C=CC=CCCCCCCCCCCCCCCCCCCCCCCCCCO. The molecule has 0 aromatic carbocycles. The predicted octanol–water partition coefficient (Wildman–Crippen LogP) is 14.3. The van der Waals surface area contributed by atoms with E-state index in [2.05, 4.69) is 18.3 Å². The molecule has 1 amide bonds. The molecule has 0 bridgehead atoms. The molecule has 5 heteroatoms. The molecule has 0 aliphatic carbocycles. The van der Waals surface area contributed by atoms with Gasteiger partial charge in [0.05, 0.1) is 18.8 Å². The number of hydrogen-bond donors (Lipinski definition) is 4. The van der Waals surface area contributed by atoms with Crippen LogP contribution in [-0.4, -0.2) is 46.6 Å². The van der Waals surface area contributed by atoms with Crippen molar-refractivity contribution in [3.8, 4) is 0 Å². The second kappa shape index (κ2) is 46.9. The average molecular weight is 774 g/mol. The maximum atomic E-state index is 12.3. The summed E-state index contributed by atoms with van der Waals surface area (Å²) in [6.45, 7) is 2.33. The van der Waals surface area contributed by atoms with Gasteiger partial charge in [0.2, 0.25) is 5.91 Å². The van der Waals surface area contributed by atoms with Crippen molar-refractivity contribution >= 4 is 5.91 Å². The van der Waals surface area contributed by atoms with Crippen LogP contribution in [0, 0.1) is 0 Å². The second-order valence-electron chi connectivity index (χ2n) is 16.7. The number of allylic oxidation sites excluding steroid dienone is 4. The smallest absolute Gasteiger partial charge is 0.244 e. The lowest BCUT2D eigenvalue weighted by Crippen LogP contribution is -2.44. The van der Waals surface area contributed by atoms with Gasteiger partial charge in [0.1, 0.15) is 0 Å². The summed E-state index contributed by atoms with van der Waals surface area (Å²) in [6, 6.07) is -0.696. The van der Waals surface area contributed by atoms with Crippen LogP contribution in [0.5, 0.6) is 0 Å². The van der Waals surface area contributed by atoms with E-state index in [1.165, 1.54) is 224 Å². The zero-order valence-electron chi connectivity index (χ0n) is 36.7. The van der Waals surface area contributed by atoms with Crippen LogP contribution in [0.1, 0.15) is 251 Å². The van der Waals surface area contributed by atoms with Gasteiger partial charge in [0, 0.05) is 12.7 Å². The van der Waals surface area contributed by atoms with Crippen LogP contribution in [0.2, 0.25) is 0 Å². The van der Waals surface area contributed by atoms with Gasteiger partial charge in [-0.05, 0) is 32.1 Å². The van der Waals surface area contributed by atoms with Crippen molar-refractivity contribution in [2.45, 2.75) is 263 Å². The van der Waals surface area contributed by atoms with E-state index in [1.807, 2.05) is 12.2 Å². The van der Waals surface area contributed by atoms with Crippen LogP contribution < -0.4 is 5.32 Å². The molecule has 2 atom stereocenters. The van der Waals surface area contributed by atoms with Crippen molar-refractivity contribution in [3.63, 3.8) is 0 Å². The zero-order chi connectivity index (χ0) is 40.0. The highest BCUT2D eigenvalue weighted by Gasteiger charge is 2.16. The summed E-state index contributed by atoms with van der Waals surface area (Å²) < 4.78 is 0. The number of carbonyl (C=O) groups is 1. The maximum absolute atomic E-state index is 12.3. The van der Waals surface area contributed by atoms with Gasteiger partial charge in [-0.3, -0.25) is 4.79 Å². The number of nitrogens with one attached hydrogen (secondary N) is 1. The molecule has 0 aromatic rings. The van der Waals surface area contributed by atoms with Crippen LogP contribution in [-0.2, 0) is 4.79 Å². The molecule has 0 fully saturated rings. The molecule has 5 nitrogen and oxygen atoms in total. The van der Waals surface area contributed by atoms with Gasteiger partial charge in [0.25, 0.3) is 0 Å². The number of aliphatic hydroxyl groups excluding tert-OH is 3. The highest BCUT2D eigenvalue weighted by molar-refractivity contribution is 5.88. The van der Waals surface area contributed by atoms with E-state index in [-0.39, 0.29) is 12.5 Å². The first-order valence-electron chi connectivity index (χ1n) is 24.4. The van der Waals surface area contributed by atoms with E-state index in [4.69, 9.17) is 5.11 Å². The summed E-state index contributed by atoms with van der Waals surface area (Å²) in [5, 5.41) is 31.7. The molecule has 0 aliphatic rings. The minimum Gasteiger partial charge on any atom is -0.396 e. The molecule has 0 spiro atoms. The molecule has 4 N–H and O–H groups in total. The number of hydrogen-bond acceptors (Lipinski definition) is 4. The molecule has 0 heterocycles. The topological polar surface area (TPSA) is 89.8 Å². The standard InChI is InChI=1S/C50H95NO4/c1-2-3-4-5-6-7-8-9-23-26-29-32-35-38-41-44-49(54)48(47-53)51-50(55)45-42-39-36-33-30-27-24-21-19-17-15-13-11-10-12-14-16-18-20-22-25-28-31-34-37-40-43-46-52/h36,39,41-42,44-45,48-49,52-54H,2-35,37-38,40,43,46-47H2,1H3,(H,51,55). The number of aliphatic hydroxyl groups is 3. The monoisotopic (exact) mass is 774 g/mol. The minimum absolute atomic E-state index is 0.294. The maximum Gasteiger partial charge on any atom is 0.244 e. The molecule has 2 unspecified atom stereocenters. The van der Waals surface area contributed by atoms with Crippen molar-refractivity contribution in [2.24, 2.45) is 0 Å². The lowest BCUT2D eigenvalue weighted by Gasteiger charge is -2.18. The van der Waals surface area contributed by atoms with Crippen LogP contribution in [0.3, 0.4) is 0 Å². The Hall–Kier alpha value is -1.43. The molecule has 0 rings (SSSR count). The Morgan fingerprint density at radius 2 is 0.782 bits per heavy atom. The molecule has 0 saturated carbocycles. The fourth-order valence-corrected chi connectivity index (χ4v) is 7.52. The molecule has 0 aliphatic heterocycles. The lowest BCUT2D eigenvalue weighted by atomic mass is 10.0. The number of carbonyl (C=O) groups excluding carboxylic acids is 1. The normalized spacial score (nSPS) is 13.2. The van der Waals surface area contributed by atoms with E-state index in [0.29, 0.717) is 6.61 Å². The third-order valence-electron chi connectivity index (χ3n) is 11.3. The third-order valence-corrected chi connectivity index (χ3v) is 11.3. The minimum atomic E-state index is -0.889. The quantitative estimate of drug-likeness (QED) is 0.0215. The van der Waals surface area contributed by atoms with Crippen LogP contribution in [0.15, 0.2) is 36.5 Å². The van der Waals surface area contributed by atoms with Gasteiger partial charge in [-0.1, -0.05) is 249 Å². The first-order chi connectivity index (χ1) is 27.2. The van der Waals surface area contributed by atoms with Crippen molar-refractivity contribution in [3.05, 3.63) is 36.5 Å². The fourth-order valence-electron chi connectivity index (χ4n) is 7.52. The van der Waals surface area contributed by atoms with E-state index in [1.54, 1.807) is 12.2 Å². The largest absolute Gasteiger partial charge is 0.396 e. The van der Waals surface area contributed by atoms with E-state index >= 15 is 0 Å². The summed E-state index contributed by atoms with van der Waals surface area (Å²) in [7, 11) is 0. The van der Waals surface area contributed by atoms with Crippen LogP contribution in [0.4, 0.5) is 0 Å². The van der Waals surface area contributed by atoms with Gasteiger partial charge < -0.3 is 20.6 Å². The van der Waals surface area contributed by atoms with Crippen LogP contribution in [0.25, 0.3) is 0 Å². The van der Waals surface area contributed by atoms with E-state index < -0.39 is 12.1 Å². The number of amides is 1. The highest BCUT2D eigenvalue weighted by atomic mass is 16.3. The Morgan fingerprint density at radius 1 is 0.455 bits per heavy atom. The van der Waals surface area contributed by atoms with Crippen molar-refractivity contribution in [1.29, 1.82) is 0 Å². The lowest BCUT2D eigenvalue weighted by molar-refractivity contribution is -0.118. The summed E-state index contributed by atoms with van der Waals surface area (Å²) in [5.74, 6) is -0.294. The molecule has 55 heavy (non-hydrogen) atoms. The molecular formula is C50H95NO4. The molecule has 0 saturated heterocycles. The Bertz CT molecular complexity index is 840. The summed E-state index contributed by atoms with van der Waals surface area (Å²) in [4.78, 5) is 12.3. The molecule has 0 aromatic heterocycles. The summed E-state index contributed by atoms with van der Waals surface area (Å²) >= 11 is 0. The number of rotatable bonds is 45. The van der Waals surface area contributed by atoms with Gasteiger partial charge in [-0.15, -0.1) is 0 Å². The van der Waals surface area contributed by atoms with Crippen molar-refractivity contribution in [2.75, 3.05) is 13.2 Å². The Morgan fingerprint density at radius 3 is 1.13 bits per heavy atom. The molecule has 324 valence electrons. The average Bonchev–Trinajstić information content (AvgIpc) is 3.19. The molecular weight excluding hydrogens is 679 g/mol. The fraction of sp³-hybridized carbons (Fsp3) is 0.860. The number of unbranched alkanes of at least 4 members (excludes halogenated alkanes) is 36. The Balaban J connectivity index is 3.55. The first-order valence-corrected chi connectivity index (χ1v) is 24.4. The van der Waals surface area contributed by atoms with Gasteiger partial charge in [0.15, 0.2) is 0 Å². The van der Waals surface area contributed by atoms with E-state index in [0.717, 1.165) is 25.7 Å². The Kier molecular flexibility index (Phi) is 45.7. The highest BCUT2D eigenvalue weighted by Crippen LogP contribution is 2.16. The Labute approximate surface area is 343 Å². The van der Waals surface area contributed by atoms with Crippen LogP contribution >= 0.6 is 0 Å². The second-order valence-corrected chi connectivity index (χ2v) is 16.7. The first kappa shape index (κ1) is 53.6. The molecule has 0 radical (unpaired) electrons. The van der Waals surface area contributed by atoms with Gasteiger partial charge in [-0.2, -0.15) is 0 Å². The third kappa shape index (κ3) is 43.5.